The summed E-state index contributed by atoms with van der Waals surface area (Å²) < 4.78 is 79.4. The van der Waals surface area contributed by atoms with E-state index in [4.69, 9.17) is 0 Å². The molecule has 1 fully saturated rings. The molecule has 184 valence electrons. The molecule has 2 amide bonds. The van der Waals surface area contributed by atoms with Crippen molar-refractivity contribution in [1.29, 1.82) is 0 Å². The highest BCUT2D eigenvalue weighted by atomic mass is 19.4. The second kappa shape index (κ2) is 9.92. The molecule has 1 saturated carbocycles. The summed E-state index contributed by atoms with van der Waals surface area (Å²) in [5.41, 5.74) is -5.95. The minimum absolute atomic E-state index is 0.0286. The van der Waals surface area contributed by atoms with Gasteiger partial charge in [0.1, 0.15) is 5.54 Å². The Kier molecular flexibility index (Phi) is 8.11. The Morgan fingerprint density at radius 1 is 1.06 bits per heavy atom. The number of hydrogen-bond donors (Lipinski definition) is 4. The van der Waals surface area contributed by atoms with Crippen LogP contribution >= 0.6 is 0 Å². The van der Waals surface area contributed by atoms with Gasteiger partial charge in [0.15, 0.2) is 0 Å². The first-order valence-corrected chi connectivity index (χ1v) is 10.3. The van der Waals surface area contributed by atoms with Crippen LogP contribution in [0.15, 0.2) is 18.2 Å². The monoisotopic (exact) mass is 482 g/mol. The maximum Gasteiger partial charge on any atom is 0.475 e. The van der Waals surface area contributed by atoms with Gasteiger partial charge in [0, 0.05) is 0 Å². The van der Waals surface area contributed by atoms with Gasteiger partial charge in [-0.2, -0.15) is 26.3 Å². The number of alkyl halides is 6. The highest BCUT2D eigenvalue weighted by Gasteiger charge is 2.46. The first-order valence-electron chi connectivity index (χ1n) is 10.3. The standard InChI is InChI=1S/C20H25BF6N2O4/c1-11(2)9-15(21(32)33)28-17(31)18(7-3-4-8-18)29-16(30)13-10-12(19(22,23)24)5-6-14(13)20(25,26)27/h5-6,10-11,15,32-33H,3-4,7-9H2,1-2H3,(H,28,31)(H,29,30)/t15-/m0/s1. The highest BCUT2D eigenvalue weighted by molar-refractivity contribution is 6.43. The van der Waals surface area contributed by atoms with Gasteiger partial charge in [-0.25, -0.2) is 0 Å². The molecule has 1 aromatic rings. The molecule has 0 saturated heterocycles. The molecule has 4 N–H and O–H groups in total. The van der Waals surface area contributed by atoms with Crippen LogP contribution in [-0.2, 0) is 17.1 Å². The number of halogens is 6. The van der Waals surface area contributed by atoms with E-state index >= 15 is 0 Å². The van der Waals surface area contributed by atoms with Crippen molar-refractivity contribution in [3.8, 4) is 0 Å². The van der Waals surface area contributed by atoms with Crippen LogP contribution in [0, 0.1) is 5.92 Å². The largest absolute Gasteiger partial charge is 0.475 e. The Balaban J connectivity index is 2.40. The lowest BCUT2D eigenvalue weighted by molar-refractivity contribution is -0.141. The minimum Gasteiger partial charge on any atom is -0.426 e. The molecule has 33 heavy (non-hydrogen) atoms. The Hall–Kier alpha value is -2.28. The molecule has 1 aliphatic rings. The van der Waals surface area contributed by atoms with Crippen LogP contribution in [-0.4, -0.2) is 40.5 Å². The first-order chi connectivity index (χ1) is 15.1. The summed E-state index contributed by atoms with van der Waals surface area (Å²) in [7, 11) is -1.93. The molecule has 1 aliphatic carbocycles. The number of hydrogen-bond acceptors (Lipinski definition) is 4. The minimum atomic E-state index is -5.11. The lowest BCUT2D eigenvalue weighted by Gasteiger charge is -2.32. The number of carbonyl (C=O) groups is 2. The summed E-state index contributed by atoms with van der Waals surface area (Å²) in [6, 6.07) is 0.522. The lowest BCUT2D eigenvalue weighted by atomic mass is 9.74. The van der Waals surface area contributed by atoms with Crippen LogP contribution in [0.2, 0.25) is 0 Å². The molecule has 2 rings (SSSR count). The van der Waals surface area contributed by atoms with E-state index < -0.39 is 59.5 Å². The molecule has 0 unspecified atom stereocenters. The van der Waals surface area contributed by atoms with E-state index in [1.165, 1.54) is 0 Å². The normalized spacial score (nSPS) is 17.1. The summed E-state index contributed by atoms with van der Waals surface area (Å²) in [4.78, 5) is 25.8. The van der Waals surface area contributed by atoms with E-state index in [-0.39, 0.29) is 43.4 Å². The number of rotatable bonds is 7. The van der Waals surface area contributed by atoms with E-state index in [0.29, 0.717) is 12.8 Å². The molecule has 1 aromatic carbocycles. The van der Waals surface area contributed by atoms with Gasteiger partial charge in [-0.3, -0.25) is 9.59 Å². The van der Waals surface area contributed by atoms with Crippen LogP contribution in [0.4, 0.5) is 26.3 Å². The zero-order valence-corrected chi connectivity index (χ0v) is 18.0. The van der Waals surface area contributed by atoms with Crippen molar-refractivity contribution in [3.63, 3.8) is 0 Å². The first kappa shape index (κ1) is 27.0. The zero-order chi connectivity index (χ0) is 25.2. The fourth-order valence-electron chi connectivity index (χ4n) is 3.90. The van der Waals surface area contributed by atoms with E-state index in [9.17, 15) is 46.0 Å². The predicted molar refractivity (Wildman–Crippen MR) is 107 cm³/mol. The SMILES string of the molecule is CC(C)C[C@H](NC(=O)C1(NC(=O)c2cc(C(F)(F)F)ccc2C(F)(F)F)CCCC1)B(O)O. The zero-order valence-electron chi connectivity index (χ0n) is 18.0. The van der Waals surface area contributed by atoms with Gasteiger partial charge in [-0.1, -0.05) is 26.7 Å². The average molecular weight is 482 g/mol. The Labute approximate surface area is 186 Å². The molecule has 0 bridgehead atoms. The third-order valence-corrected chi connectivity index (χ3v) is 5.54. The Morgan fingerprint density at radius 3 is 2.09 bits per heavy atom. The third-order valence-electron chi connectivity index (χ3n) is 5.54. The maximum absolute atomic E-state index is 13.4. The van der Waals surface area contributed by atoms with Gasteiger partial charge in [0.05, 0.1) is 22.6 Å². The quantitative estimate of drug-likeness (QED) is 0.354. The van der Waals surface area contributed by atoms with Gasteiger partial charge >= 0.3 is 19.5 Å². The van der Waals surface area contributed by atoms with Crippen molar-refractivity contribution < 1.29 is 46.0 Å². The number of benzene rings is 1. The Morgan fingerprint density at radius 2 is 1.64 bits per heavy atom. The van der Waals surface area contributed by atoms with Crippen molar-refractivity contribution in [2.45, 2.75) is 69.8 Å². The summed E-state index contributed by atoms with van der Waals surface area (Å²) in [6.07, 6.45) is -9.01. The Bertz CT molecular complexity index is 867. The van der Waals surface area contributed by atoms with Crippen molar-refractivity contribution >= 4 is 18.9 Å². The van der Waals surface area contributed by atoms with Crippen molar-refractivity contribution in [3.05, 3.63) is 34.9 Å². The second-order valence-corrected chi connectivity index (χ2v) is 8.62. The highest BCUT2D eigenvalue weighted by Crippen LogP contribution is 2.37. The van der Waals surface area contributed by atoms with Crippen LogP contribution < -0.4 is 10.6 Å². The third kappa shape index (κ3) is 6.63. The van der Waals surface area contributed by atoms with Gasteiger partial charge in [-0.15, -0.1) is 0 Å². The van der Waals surface area contributed by atoms with Gasteiger partial charge in [-0.05, 0) is 43.4 Å². The molecule has 0 spiro atoms. The van der Waals surface area contributed by atoms with Crippen LogP contribution in [0.1, 0.15) is 67.4 Å². The molecule has 1 atom stereocenters. The fourth-order valence-corrected chi connectivity index (χ4v) is 3.90. The van der Waals surface area contributed by atoms with Crippen molar-refractivity contribution in [1.82, 2.24) is 10.6 Å². The molecule has 6 nitrogen and oxygen atoms in total. The topological polar surface area (TPSA) is 98.7 Å². The maximum atomic E-state index is 13.4. The molecule has 0 aromatic heterocycles. The molecular formula is C20H25BF6N2O4. The second-order valence-electron chi connectivity index (χ2n) is 8.62. The van der Waals surface area contributed by atoms with Crippen LogP contribution in [0.25, 0.3) is 0 Å². The molecular weight excluding hydrogens is 457 g/mol. The van der Waals surface area contributed by atoms with Gasteiger partial charge in [0.25, 0.3) is 5.91 Å². The summed E-state index contributed by atoms with van der Waals surface area (Å²) in [5, 5.41) is 23.7. The summed E-state index contributed by atoms with van der Waals surface area (Å²) in [6.45, 7) is 3.53. The molecule has 0 aliphatic heterocycles. The van der Waals surface area contributed by atoms with Gasteiger partial charge in [0.2, 0.25) is 5.91 Å². The number of nitrogens with one attached hydrogen (secondary N) is 2. The molecule has 13 heteroatoms. The fraction of sp³-hybridized carbons (Fsp3) is 0.600. The van der Waals surface area contributed by atoms with E-state index in [0.717, 1.165) is 0 Å². The van der Waals surface area contributed by atoms with Crippen molar-refractivity contribution in [2.75, 3.05) is 0 Å². The van der Waals surface area contributed by atoms with Crippen molar-refractivity contribution in [2.24, 2.45) is 5.92 Å². The summed E-state index contributed by atoms with van der Waals surface area (Å²) >= 11 is 0. The average Bonchev–Trinajstić information content (AvgIpc) is 3.14. The van der Waals surface area contributed by atoms with Gasteiger partial charge < -0.3 is 20.7 Å². The smallest absolute Gasteiger partial charge is 0.426 e. The van der Waals surface area contributed by atoms with E-state index in [1.807, 2.05) is 0 Å². The van der Waals surface area contributed by atoms with E-state index in [1.54, 1.807) is 13.8 Å². The lowest BCUT2D eigenvalue weighted by Crippen LogP contribution is -2.61. The predicted octanol–water partition coefficient (Wildman–Crippen LogP) is 3.31. The molecule has 0 heterocycles. The van der Waals surface area contributed by atoms with Crippen LogP contribution in [0.3, 0.4) is 0 Å². The van der Waals surface area contributed by atoms with Crippen LogP contribution in [0.5, 0.6) is 0 Å². The molecule has 0 radical (unpaired) electrons. The number of amides is 2. The number of carbonyl (C=O) groups excluding carboxylic acids is 2. The summed E-state index contributed by atoms with van der Waals surface area (Å²) in [5.74, 6) is -3.47. The van der Waals surface area contributed by atoms with E-state index in [2.05, 4.69) is 10.6 Å².